The fraction of sp³-hybridized carbons (Fsp3) is 0.600. The number of nitrogens with two attached hydrogens (primary N) is 1. The van der Waals surface area contributed by atoms with Crippen molar-refractivity contribution >= 4 is 0 Å². The van der Waals surface area contributed by atoms with Crippen molar-refractivity contribution in [2.75, 3.05) is 26.2 Å². The molecule has 1 aromatic rings. The van der Waals surface area contributed by atoms with E-state index < -0.39 is 11.6 Å². The number of ether oxygens (including phenoxy) is 1. The molecule has 1 fully saturated rings. The molecule has 0 aromatic heterocycles. The maximum atomic E-state index is 13.8. The number of halogens is 2. The molecular formula is C15H22F2N2O. The number of hydrogen-bond donors (Lipinski definition) is 1. The van der Waals surface area contributed by atoms with Gasteiger partial charge in [0.1, 0.15) is 6.61 Å². The van der Waals surface area contributed by atoms with Crippen molar-refractivity contribution in [1.29, 1.82) is 0 Å². The maximum Gasteiger partial charge on any atom is 0.190 e. The molecule has 1 aliphatic heterocycles. The summed E-state index contributed by atoms with van der Waals surface area (Å²) in [7, 11) is 0. The van der Waals surface area contributed by atoms with E-state index in [1.165, 1.54) is 25.0 Å². The lowest BCUT2D eigenvalue weighted by molar-refractivity contribution is 0.223. The first-order valence-electron chi connectivity index (χ1n) is 7.15. The lowest BCUT2D eigenvalue weighted by atomic mass is 10.1. The summed E-state index contributed by atoms with van der Waals surface area (Å²) in [6.45, 7) is 4.90. The predicted octanol–water partition coefficient (Wildman–Crippen LogP) is 2.33. The Bertz CT molecular complexity index is 422. The fourth-order valence-corrected chi connectivity index (χ4v) is 2.52. The van der Waals surface area contributed by atoms with E-state index in [0.717, 1.165) is 13.1 Å². The Hall–Kier alpha value is -1.20. The van der Waals surface area contributed by atoms with Gasteiger partial charge in [-0.2, -0.15) is 0 Å². The Kier molecular flexibility index (Phi) is 5.31. The summed E-state index contributed by atoms with van der Waals surface area (Å²) in [5.41, 5.74) is 6.19. The van der Waals surface area contributed by atoms with Crippen molar-refractivity contribution in [1.82, 2.24) is 4.90 Å². The van der Waals surface area contributed by atoms with E-state index in [0.29, 0.717) is 25.1 Å². The van der Waals surface area contributed by atoms with Gasteiger partial charge in [0, 0.05) is 12.6 Å². The van der Waals surface area contributed by atoms with Crippen LogP contribution in [-0.4, -0.2) is 37.2 Å². The number of rotatable bonds is 6. The highest BCUT2D eigenvalue weighted by atomic mass is 19.1. The van der Waals surface area contributed by atoms with E-state index in [9.17, 15) is 8.78 Å². The fourth-order valence-electron chi connectivity index (χ4n) is 2.52. The minimum absolute atomic E-state index is 0.129. The van der Waals surface area contributed by atoms with Gasteiger partial charge in [-0.15, -0.1) is 0 Å². The van der Waals surface area contributed by atoms with Crippen molar-refractivity contribution in [2.45, 2.75) is 32.2 Å². The number of likely N-dealkylation sites (tertiary alicyclic amines) is 1. The largest absolute Gasteiger partial charge is 0.486 e. The van der Waals surface area contributed by atoms with Gasteiger partial charge in [0.25, 0.3) is 0 Å². The minimum Gasteiger partial charge on any atom is -0.486 e. The van der Waals surface area contributed by atoms with Gasteiger partial charge < -0.3 is 10.5 Å². The normalized spacial score (nSPS) is 17.4. The van der Waals surface area contributed by atoms with Crippen LogP contribution in [0.1, 0.15) is 25.3 Å². The zero-order chi connectivity index (χ0) is 14.5. The average Bonchev–Trinajstić information content (AvgIpc) is 2.84. The topological polar surface area (TPSA) is 38.5 Å². The molecule has 1 unspecified atom stereocenters. The summed E-state index contributed by atoms with van der Waals surface area (Å²) >= 11 is 0. The Morgan fingerprint density at radius 2 is 1.85 bits per heavy atom. The second-order valence-electron chi connectivity index (χ2n) is 5.47. The molecule has 0 amide bonds. The molecule has 0 bridgehead atoms. The molecule has 2 N–H and O–H groups in total. The molecular weight excluding hydrogens is 262 g/mol. The predicted molar refractivity (Wildman–Crippen MR) is 74.9 cm³/mol. The van der Waals surface area contributed by atoms with Gasteiger partial charge in [0.15, 0.2) is 17.4 Å². The van der Waals surface area contributed by atoms with Gasteiger partial charge in [-0.05, 0) is 57.0 Å². The quantitative estimate of drug-likeness (QED) is 0.871. The number of benzene rings is 1. The summed E-state index contributed by atoms with van der Waals surface area (Å²) in [6.07, 6.45) is 2.82. The van der Waals surface area contributed by atoms with Crippen molar-refractivity contribution in [3.63, 3.8) is 0 Å². The van der Waals surface area contributed by atoms with E-state index in [2.05, 4.69) is 4.90 Å². The first-order valence-corrected chi connectivity index (χ1v) is 7.15. The van der Waals surface area contributed by atoms with Crippen LogP contribution in [0.25, 0.3) is 0 Å². The van der Waals surface area contributed by atoms with E-state index in [1.54, 1.807) is 6.92 Å². The van der Waals surface area contributed by atoms with E-state index in [1.807, 2.05) is 0 Å². The van der Waals surface area contributed by atoms with Crippen LogP contribution in [0, 0.1) is 11.6 Å². The molecule has 1 aliphatic rings. The molecule has 5 heteroatoms. The van der Waals surface area contributed by atoms with E-state index in [-0.39, 0.29) is 11.8 Å². The van der Waals surface area contributed by atoms with Gasteiger partial charge in [-0.3, -0.25) is 4.90 Å². The SMILES string of the molecule is CC(N)Cc1cc(F)c(OCCN2CCCC2)c(F)c1. The van der Waals surface area contributed by atoms with Crippen molar-refractivity contribution in [3.8, 4) is 5.75 Å². The summed E-state index contributed by atoms with van der Waals surface area (Å²) in [5, 5.41) is 0. The van der Waals surface area contributed by atoms with Crippen LogP contribution in [0.4, 0.5) is 8.78 Å². The van der Waals surface area contributed by atoms with Crippen molar-refractivity contribution in [2.24, 2.45) is 5.73 Å². The van der Waals surface area contributed by atoms with Crippen LogP contribution in [0.3, 0.4) is 0 Å². The Balaban J connectivity index is 1.93. The molecule has 1 aromatic carbocycles. The molecule has 0 aliphatic carbocycles. The van der Waals surface area contributed by atoms with Crippen LogP contribution >= 0.6 is 0 Å². The van der Waals surface area contributed by atoms with Crippen molar-refractivity contribution in [3.05, 3.63) is 29.3 Å². The van der Waals surface area contributed by atoms with Crippen LogP contribution in [-0.2, 0) is 6.42 Å². The maximum absolute atomic E-state index is 13.8. The third kappa shape index (κ3) is 4.15. The van der Waals surface area contributed by atoms with Crippen LogP contribution < -0.4 is 10.5 Å². The first-order chi connectivity index (χ1) is 9.56. The van der Waals surface area contributed by atoms with Crippen LogP contribution in [0.5, 0.6) is 5.75 Å². The van der Waals surface area contributed by atoms with Crippen LogP contribution in [0.2, 0.25) is 0 Å². The molecule has 1 saturated heterocycles. The summed E-state index contributed by atoms with van der Waals surface area (Å²) < 4.78 is 33.0. The highest BCUT2D eigenvalue weighted by Gasteiger charge is 2.15. The van der Waals surface area contributed by atoms with Gasteiger partial charge in [0.2, 0.25) is 0 Å². The number of nitrogens with zero attached hydrogens (tertiary/aromatic N) is 1. The summed E-state index contributed by atoms with van der Waals surface area (Å²) in [6, 6.07) is 2.48. The van der Waals surface area contributed by atoms with Gasteiger partial charge in [0.05, 0.1) is 0 Å². The number of hydrogen-bond acceptors (Lipinski definition) is 3. The lowest BCUT2D eigenvalue weighted by Gasteiger charge is -2.16. The van der Waals surface area contributed by atoms with Crippen LogP contribution in [0.15, 0.2) is 12.1 Å². The lowest BCUT2D eigenvalue weighted by Crippen LogP contribution is -2.25. The molecule has 2 rings (SSSR count). The standard InChI is InChI=1S/C15H22F2N2O/c1-11(18)8-12-9-13(16)15(14(17)10-12)20-7-6-19-4-2-3-5-19/h9-11H,2-8,18H2,1H3. The summed E-state index contributed by atoms with van der Waals surface area (Å²) in [5.74, 6) is -1.58. The van der Waals surface area contributed by atoms with E-state index in [4.69, 9.17) is 10.5 Å². The Labute approximate surface area is 118 Å². The molecule has 0 radical (unpaired) electrons. The molecule has 20 heavy (non-hydrogen) atoms. The molecule has 1 heterocycles. The van der Waals surface area contributed by atoms with Gasteiger partial charge in [-0.1, -0.05) is 0 Å². The minimum atomic E-state index is -0.651. The third-order valence-electron chi connectivity index (χ3n) is 3.47. The average molecular weight is 284 g/mol. The molecule has 112 valence electrons. The molecule has 3 nitrogen and oxygen atoms in total. The summed E-state index contributed by atoms with van der Waals surface area (Å²) in [4.78, 5) is 2.24. The first kappa shape index (κ1) is 15.2. The second kappa shape index (κ2) is 6.99. The highest BCUT2D eigenvalue weighted by Crippen LogP contribution is 2.24. The smallest absolute Gasteiger partial charge is 0.190 e. The van der Waals surface area contributed by atoms with E-state index >= 15 is 0 Å². The molecule has 0 saturated carbocycles. The Morgan fingerprint density at radius 3 is 2.40 bits per heavy atom. The zero-order valence-corrected chi connectivity index (χ0v) is 11.9. The van der Waals surface area contributed by atoms with Gasteiger partial charge in [-0.25, -0.2) is 8.78 Å². The third-order valence-corrected chi connectivity index (χ3v) is 3.47. The monoisotopic (exact) mass is 284 g/mol. The van der Waals surface area contributed by atoms with Gasteiger partial charge >= 0.3 is 0 Å². The molecule has 1 atom stereocenters. The molecule has 0 spiro atoms. The van der Waals surface area contributed by atoms with Crippen molar-refractivity contribution < 1.29 is 13.5 Å². The highest BCUT2D eigenvalue weighted by molar-refractivity contribution is 5.31. The Morgan fingerprint density at radius 1 is 1.25 bits per heavy atom. The zero-order valence-electron chi connectivity index (χ0n) is 11.9. The second-order valence-corrected chi connectivity index (χ2v) is 5.47.